The van der Waals surface area contributed by atoms with Gasteiger partial charge in [-0.3, -0.25) is 4.79 Å². The van der Waals surface area contributed by atoms with Gasteiger partial charge in [0.15, 0.2) is 0 Å². The molecule has 0 bridgehead atoms. The van der Waals surface area contributed by atoms with Crippen LogP contribution in [0.1, 0.15) is 13.8 Å². The Kier molecular flexibility index (Phi) is 3.65. The summed E-state index contributed by atoms with van der Waals surface area (Å²) >= 11 is 0. The minimum Gasteiger partial charge on any atom is -0.481 e. The van der Waals surface area contributed by atoms with Gasteiger partial charge in [-0.2, -0.15) is 0 Å². The van der Waals surface area contributed by atoms with Crippen LogP contribution in [0.3, 0.4) is 0 Å². The van der Waals surface area contributed by atoms with E-state index in [0.29, 0.717) is 18.2 Å². The van der Waals surface area contributed by atoms with Crippen molar-refractivity contribution >= 4 is 11.7 Å². The lowest BCUT2D eigenvalue weighted by Crippen LogP contribution is -2.37. The van der Waals surface area contributed by atoms with Gasteiger partial charge in [0.1, 0.15) is 12.1 Å². The number of nitrogens with one attached hydrogen (secondary N) is 1. The number of anilines is 1. The molecule has 0 aromatic carbocycles. The van der Waals surface area contributed by atoms with E-state index in [4.69, 9.17) is 10.5 Å². The molecule has 0 atom stereocenters. The molecule has 1 aromatic rings. The Balaban J connectivity index is 2.64. The van der Waals surface area contributed by atoms with Gasteiger partial charge in [0.25, 0.3) is 0 Å². The predicted molar refractivity (Wildman–Crippen MR) is 60.0 cm³/mol. The van der Waals surface area contributed by atoms with Crippen LogP contribution in [0.15, 0.2) is 12.4 Å². The number of nitrogens with zero attached hydrogens (tertiary/aromatic N) is 2. The van der Waals surface area contributed by atoms with Crippen LogP contribution in [-0.4, -0.2) is 29.5 Å². The van der Waals surface area contributed by atoms with Gasteiger partial charge < -0.3 is 15.8 Å². The van der Waals surface area contributed by atoms with Crippen LogP contribution in [0, 0.1) is 5.41 Å². The van der Waals surface area contributed by atoms with Crippen molar-refractivity contribution < 1.29 is 9.53 Å². The Hall–Kier alpha value is -1.85. The number of nitrogens with two attached hydrogens (primary N) is 1. The van der Waals surface area contributed by atoms with Gasteiger partial charge in [0.2, 0.25) is 11.8 Å². The molecular weight excluding hydrogens is 208 g/mol. The van der Waals surface area contributed by atoms with Gasteiger partial charge in [-0.15, -0.1) is 0 Å². The molecule has 6 nitrogen and oxygen atoms in total. The van der Waals surface area contributed by atoms with E-state index >= 15 is 0 Å². The van der Waals surface area contributed by atoms with E-state index in [-0.39, 0.29) is 5.91 Å². The molecule has 6 heteroatoms. The average molecular weight is 224 g/mol. The summed E-state index contributed by atoms with van der Waals surface area (Å²) in [6.07, 6.45) is 1.39. The first-order valence-electron chi connectivity index (χ1n) is 4.85. The number of carbonyl (C=O) groups excluding carboxylic acids is 1. The van der Waals surface area contributed by atoms with E-state index in [2.05, 4.69) is 15.3 Å². The summed E-state index contributed by atoms with van der Waals surface area (Å²) in [7, 11) is 1.53. The third-order valence-electron chi connectivity index (χ3n) is 2.23. The van der Waals surface area contributed by atoms with Crippen LogP contribution in [-0.2, 0) is 4.79 Å². The highest BCUT2D eigenvalue weighted by Gasteiger charge is 2.24. The van der Waals surface area contributed by atoms with Crippen molar-refractivity contribution in [2.45, 2.75) is 13.8 Å². The number of methoxy groups -OCH3 is 1. The quantitative estimate of drug-likeness (QED) is 0.756. The normalized spacial score (nSPS) is 10.9. The van der Waals surface area contributed by atoms with Crippen LogP contribution >= 0.6 is 0 Å². The number of carbonyl (C=O) groups is 1. The molecule has 88 valence electrons. The number of ether oxygens (including phenoxy) is 1. The van der Waals surface area contributed by atoms with Crippen molar-refractivity contribution in [3.63, 3.8) is 0 Å². The van der Waals surface area contributed by atoms with E-state index in [1.807, 2.05) is 0 Å². The smallest absolute Gasteiger partial charge is 0.224 e. The van der Waals surface area contributed by atoms with Crippen molar-refractivity contribution in [1.82, 2.24) is 9.97 Å². The maximum absolute atomic E-state index is 11.1. The Morgan fingerprint density at radius 2 is 2.25 bits per heavy atom. The molecule has 3 N–H and O–H groups in total. The summed E-state index contributed by atoms with van der Waals surface area (Å²) in [4.78, 5) is 19.0. The highest BCUT2D eigenvalue weighted by Crippen LogP contribution is 2.16. The Morgan fingerprint density at radius 1 is 1.56 bits per heavy atom. The Labute approximate surface area is 94.2 Å². The van der Waals surface area contributed by atoms with Gasteiger partial charge in [-0.25, -0.2) is 9.97 Å². The van der Waals surface area contributed by atoms with Gasteiger partial charge in [0.05, 0.1) is 12.5 Å². The second kappa shape index (κ2) is 4.78. The summed E-state index contributed by atoms with van der Waals surface area (Å²) < 4.78 is 4.95. The average Bonchev–Trinajstić information content (AvgIpc) is 2.26. The van der Waals surface area contributed by atoms with E-state index in [0.717, 1.165) is 0 Å². The zero-order valence-electron chi connectivity index (χ0n) is 9.65. The lowest BCUT2D eigenvalue weighted by Gasteiger charge is -2.20. The standard InChI is InChI=1S/C10H16N4O2/c1-10(2,9(11)15)5-12-7-4-8(16-3)14-6-13-7/h4,6H,5H2,1-3H3,(H2,11,15)(H,12,13,14). The monoisotopic (exact) mass is 224 g/mol. The van der Waals surface area contributed by atoms with Crippen molar-refractivity contribution in [1.29, 1.82) is 0 Å². The number of aromatic nitrogens is 2. The number of amides is 1. The van der Waals surface area contributed by atoms with E-state index in [1.54, 1.807) is 19.9 Å². The zero-order valence-corrected chi connectivity index (χ0v) is 9.65. The summed E-state index contributed by atoms with van der Waals surface area (Å²) in [5.74, 6) is 0.705. The first-order chi connectivity index (χ1) is 7.45. The fourth-order valence-corrected chi connectivity index (χ4v) is 0.946. The van der Waals surface area contributed by atoms with Gasteiger partial charge in [-0.1, -0.05) is 0 Å². The lowest BCUT2D eigenvalue weighted by molar-refractivity contribution is -0.125. The molecule has 1 amide bonds. The molecule has 0 saturated carbocycles. The first kappa shape index (κ1) is 12.2. The Morgan fingerprint density at radius 3 is 2.81 bits per heavy atom. The minimum absolute atomic E-state index is 0.360. The summed E-state index contributed by atoms with van der Waals surface area (Å²) in [6.45, 7) is 3.93. The third kappa shape index (κ3) is 3.08. The number of rotatable bonds is 5. The maximum Gasteiger partial charge on any atom is 0.224 e. The van der Waals surface area contributed by atoms with E-state index in [1.165, 1.54) is 13.4 Å². The zero-order chi connectivity index (χ0) is 12.2. The molecule has 0 spiro atoms. The molecule has 0 aliphatic carbocycles. The summed E-state index contributed by atoms with van der Waals surface area (Å²) in [6, 6.07) is 1.65. The third-order valence-corrected chi connectivity index (χ3v) is 2.23. The molecule has 1 rings (SSSR count). The molecular formula is C10H16N4O2. The van der Waals surface area contributed by atoms with Crippen LogP contribution in [0.25, 0.3) is 0 Å². The number of hydrogen-bond acceptors (Lipinski definition) is 5. The van der Waals surface area contributed by atoms with Crippen molar-refractivity contribution in [2.75, 3.05) is 19.0 Å². The SMILES string of the molecule is COc1cc(NCC(C)(C)C(N)=O)ncn1. The van der Waals surface area contributed by atoms with E-state index in [9.17, 15) is 4.79 Å². The van der Waals surface area contributed by atoms with Crippen molar-refractivity contribution in [3.8, 4) is 5.88 Å². The minimum atomic E-state index is -0.627. The molecule has 0 aliphatic rings. The molecule has 16 heavy (non-hydrogen) atoms. The fourth-order valence-electron chi connectivity index (χ4n) is 0.946. The van der Waals surface area contributed by atoms with Crippen LogP contribution < -0.4 is 15.8 Å². The number of hydrogen-bond donors (Lipinski definition) is 2. The lowest BCUT2D eigenvalue weighted by atomic mass is 9.93. The summed E-state index contributed by atoms with van der Waals surface area (Å²) in [5, 5.41) is 3.01. The molecule has 1 heterocycles. The highest BCUT2D eigenvalue weighted by atomic mass is 16.5. The molecule has 0 saturated heterocycles. The van der Waals surface area contributed by atoms with Crippen molar-refractivity contribution in [2.24, 2.45) is 11.1 Å². The van der Waals surface area contributed by atoms with Crippen LogP contribution in [0.4, 0.5) is 5.82 Å². The van der Waals surface area contributed by atoms with Crippen molar-refractivity contribution in [3.05, 3.63) is 12.4 Å². The molecule has 0 fully saturated rings. The topological polar surface area (TPSA) is 90.1 Å². The Bertz CT molecular complexity index is 379. The first-order valence-corrected chi connectivity index (χ1v) is 4.85. The second-order valence-electron chi connectivity index (χ2n) is 4.05. The number of primary amides is 1. The fraction of sp³-hybridized carbons (Fsp3) is 0.500. The molecule has 1 aromatic heterocycles. The van der Waals surface area contributed by atoms with E-state index < -0.39 is 5.41 Å². The highest BCUT2D eigenvalue weighted by molar-refractivity contribution is 5.80. The largest absolute Gasteiger partial charge is 0.481 e. The van der Waals surface area contributed by atoms with Gasteiger partial charge in [0, 0.05) is 12.6 Å². The second-order valence-corrected chi connectivity index (χ2v) is 4.05. The van der Waals surface area contributed by atoms with Crippen LogP contribution in [0.5, 0.6) is 5.88 Å². The maximum atomic E-state index is 11.1. The van der Waals surface area contributed by atoms with Gasteiger partial charge >= 0.3 is 0 Å². The molecule has 0 aliphatic heterocycles. The predicted octanol–water partition coefficient (Wildman–Crippen LogP) is 0.409. The van der Waals surface area contributed by atoms with Crippen LogP contribution in [0.2, 0.25) is 0 Å². The van der Waals surface area contributed by atoms with Gasteiger partial charge in [-0.05, 0) is 13.8 Å². The molecule has 0 unspecified atom stereocenters. The molecule has 0 radical (unpaired) electrons. The summed E-state index contributed by atoms with van der Waals surface area (Å²) in [5.41, 5.74) is 4.63.